The summed E-state index contributed by atoms with van der Waals surface area (Å²) in [5.41, 5.74) is 6.01. The van der Waals surface area contributed by atoms with Gasteiger partial charge in [-0.25, -0.2) is 0 Å². The topological polar surface area (TPSA) is 35.5 Å². The highest BCUT2D eigenvalue weighted by Gasteiger charge is 2.34. The molecule has 1 aliphatic heterocycles. The van der Waals surface area contributed by atoms with E-state index in [4.69, 9.17) is 13.6 Å². The van der Waals surface area contributed by atoms with Crippen LogP contribution < -0.4 is 4.74 Å². The Bertz CT molecular complexity index is 2040. The van der Waals surface area contributed by atoms with E-state index in [0.29, 0.717) is 0 Å². The lowest BCUT2D eigenvalue weighted by Gasteiger charge is -2.34. The van der Waals surface area contributed by atoms with E-state index in [9.17, 15) is 0 Å². The molecular formula is C35H24O3. The molecule has 3 nitrogen and oxygen atoms in total. The van der Waals surface area contributed by atoms with Gasteiger partial charge in [-0.1, -0.05) is 86.6 Å². The van der Waals surface area contributed by atoms with Crippen molar-refractivity contribution in [1.82, 2.24) is 0 Å². The monoisotopic (exact) mass is 492 g/mol. The molecular weight excluding hydrogens is 468 g/mol. The molecule has 0 fully saturated rings. The van der Waals surface area contributed by atoms with Crippen molar-refractivity contribution in [2.45, 2.75) is 19.3 Å². The average molecular weight is 493 g/mol. The van der Waals surface area contributed by atoms with Crippen LogP contribution in [0.15, 0.2) is 118 Å². The second-order valence-corrected chi connectivity index (χ2v) is 10.5. The summed E-state index contributed by atoms with van der Waals surface area (Å²) in [6.45, 7) is 4.49. The van der Waals surface area contributed by atoms with Crippen molar-refractivity contribution in [3.05, 3.63) is 120 Å². The average Bonchev–Trinajstić information content (AvgIpc) is 3.58. The van der Waals surface area contributed by atoms with Gasteiger partial charge in [-0.15, -0.1) is 0 Å². The molecule has 0 saturated heterocycles. The molecule has 3 heterocycles. The third-order valence-corrected chi connectivity index (χ3v) is 7.98. The van der Waals surface area contributed by atoms with Crippen molar-refractivity contribution in [1.29, 1.82) is 0 Å². The van der Waals surface area contributed by atoms with Crippen molar-refractivity contribution in [2.24, 2.45) is 0 Å². The second-order valence-electron chi connectivity index (χ2n) is 10.5. The van der Waals surface area contributed by atoms with Crippen LogP contribution in [-0.2, 0) is 5.41 Å². The van der Waals surface area contributed by atoms with Gasteiger partial charge in [-0.3, -0.25) is 0 Å². The Morgan fingerprint density at radius 2 is 1.39 bits per heavy atom. The number of benzene rings is 5. The molecule has 0 radical (unpaired) electrons. The molecule has 5 aromatic carbocycles. The van der Waals surface area contributed by atoms with Crippen LogP contribution in [0.2, 0.25) is 0 Å². The lowest BCUT2D eigenvalue weighted by atomic mass is 9.75. The number of para-hydroxylation sites is 1. The fourth-order valence-electron chi connectivity index (χ4n) is 6.01. The maximum Gasteiger partial charge on any atom is 0.143 e. The summed E-state index contributed by atoms with van der Waals surface area (Å²) in [5, 5.41) is 4.45. The van der Waals surface area contributed by atoms with E-state index in [1.165, 1.54) is 16.5 Å². The van der Waals surface area contributed by atoms with Gasteiger partial charge in [0.05, 0.1) is 0 Å². The molecule has 3 heteroatoms. The Morgan fingerprint density at radius 1 is 0.579 bits per heavy atom. The molecule has 0 N–H and O–H groups in total. The number of fused-ring (bicyclic) bond motifs is 7. The maximum absolute atomic E-state index is 6.48. The number of hydrogen-bond donors (Lipinski definition) is 0. The van der Waals surface area contributed by atoms with Crippen LogP contribution >= 0.6 is 0 Å². The van der Waals surface area contributed by atoms with Gasteiger partial charge in [0.15, 0.2) is 0 Å². The van der Waals surface area contributed by atoms with Crippen molar-refractivity contribution in [3.8, 4) is 34.1 Å². The minimum absolute atomic E-state index is 0.140. The number of ether oxygens (including phenoxy) is 1. The fourth-order valence-corrected chi connectivity index (χ4v) is 6.01. The van der Waals surface area contributed by atoms with Crippen LogP contribution in [0.3, 0.4) is 0 Å². The Labute approximate surface area is 219 Å². The molecule has 0 unspecified atom stereocenters. The largest absolute Gasteiger partial charge is 0.457 e. The molecule has 0 atom stereocenters. The second kappa shape index (κ2) is 7.62. The van der Waals surface area contributed by atoms with Gasteiger partial charge in [-0.05, 0) is 41.8 Å². The van der Waals surface area contributed by atoms with E-state index in [1.807, 2.05) is 36.4 Å². The molecule has 1 aliphatic rings. The van der Waals surface area contributed by atoms with E-state index in [0.717, 1.165) is 61.5 Å². The zero-order valence-corrected chi connectivity index (χ0v) is 21.1. The number of hydrogen-bond acceptors (Lipinski definition) is 3. The smallest absolute Gasteiger partial charge is 0.143 e. The lowest BCUT2D eigenvalue weighted by Crippen LogP contribution is -2.24. The summed E-state index contributed by atoms with van der Waals surface area (Å²) >= 11 is 0. The van der Waals surface area contributed by atoms with E-state index in [2.05, 4.69) is 86.6 Å². The molecule has 8 rings (SSSR count). The number of rotatable bonds is 2. The first-order valence-corrected chi connectivity index (χ1v) is 12.9. The van der Waals surface area contributed by atoms with E-state index >= 15 is 0 Å². The van der Waals surface area contributed by atoms with Crippen LogP contribution in [0, 0.1) is 0 Å². The van der Waals surface area contributed by atoms with Crippen LogP contribution in [0.1, 0.15) is 25.0 Å². The summed E-state index contributed by atoms with van der Waals surface area (Å²) in [6.07, 6.45) is 0. The molecule has 0 saturated carbocycles. The van der Waals surface area contributed by atoms with Gasteiger partial charge < -0.3 is 13.6 Å². The molecule has 182 valence electrons. The lowest BCUT2D eigenvalue weighted by molar-refractivity contribution is 0.418. The van der Waals surface area contributed by atoms with Crippen LogP contribution in [0.5, 0.6) is 11.5 Å². The minimum Gasteiger partial charge on any atom is -0.457 e. The first-order chi connectivity index (χ1) is 18.6. The molecule has 2 aromatic heterocycles. The molecule has 0 amide bonds. The van der Waals surface area contributed by atoms with Crippen LogP contribution in [0.4, 0.5) is 0 Å². The predicted octanol–water partition coefficient (Wildman–Crippen LogP) is 10.1. The van der Waals surface area contributed by atoms with Gasteiger partial charge in [-0.2, -0.15) is 0 Å². The minimum atomic E-state index is -0.140. The summed E-state index contributed by atoms with van der Waals surface area (Å²) in [5.74, 6) is 3.40. The van der Waals surface area contributed by atoms with E-state index in [-0.39, 0.29) is 5.41 Å². The quantitative estimate of drug-likeness (QED) is 0.241. The molecule has 0 bridgehead atoms. The third kappa shape index (κ3) is 2.96. The molecule has 38 heavy (non-hydrogen) atoms. The SMILES string of the molecule is CC1(C)c2ccccc2Oc2cc(-c3ccc(-c4cccc5oc6c7ccccc7ccc6c45)o3)ccc21. The Hall–Kier alpha value is -4.76. The van der Waals surface area contributed by atoms with Crippen LogP contribution in [-0.4, -0.2) is 0 Å². The third-order valence-electron chi connectivity index (χ3n) is 7.98. The highest BCUT2D eigenvalue weighted by Crippen LogP contribution is 2.49. The summed E-state index contributed by atoms with van der Waals surface area (Å²) in [4.78, 5) is 0. The zero-order chi connectivity index (χ0) is 25.4. The maximum atomic E-state index is 6.48. The summed E-state index contributed by atoms with van der Waals surface area (Å²) in [7, 11) is 0. The normalized spacial score (nSPS) is 13.9. The predicted molar refractivity (Wildman–Crippen MR) is 153 cm³/mol. The Morgan fingerprint density at radius 3 is 2.34 bits per heavy atom. The van der Waals surface area contributed by atoms with Crippen LogP contribution in [0.25, 0.3) is 55.4 Å². The first-order valence-electron chi connectivity index (χ1n) is 12.9. The molecule has 0 spiro atoms. The first kappa shape index (κ1) is 21.3. The van der Waals surface area contributed by atoms with Crippen molar-refractivity contribution in [2.75, 3.05) is 0 Å². The van der Waals surface area contributed by atoms with Gasteiger partial charge in [0.25, 0.3) is 0 Å². The van der Waals surface area contributed by atoms with Gasteiger partial charge in [0.2, 0.25) is 0 Å². The fraction of sp³-hybridized carbons (Fsp3) is 0.0857. The summed E-state index contributed by atoms with van der Waals surface area (Å²) < 4.78 is 19.2. The highest BCUT2D eigenvalue weighted by molar-refractivity contribution is 6.18. The summed E-state index contributed by atoms with van der Waals surface area (Å²) in [6, 6.07) is 37.5. The molecule has 0 aliphatic carbocycles. The van der Waals surface area contributed by atoms with Crippen molar-refractivity contribution < 1.29 is 13.6 Å². The van der Waals surface area contributed by atoms with Gasteiger partial charge >= 0.3 is 0 Å². The van der Waals surface area contributed by atoms with Crippen molar-refractivity contribution >= 4 is 32.7 Å². The van der Waals surface area contributed by atoms with Gasteiger partial charge in [0.1, 0.15) is 34.2 Å². The molecule has 7 aromatic rings. The zero-order valence-electron chi connectivity index (χ0n) is 21.1. The highest BCUT2D eigenvalue weighted by atomic mass is 16.5. The standard InChI is InChI=1S/C35H24O3/c1-35(2)26-11-5-6-12-30(26)37-32-20-22(15-17-27(32)35)28-18-19-29(36-28)24-10-7-13-31-33(24)25-16-14-21-8-3-4-9-23(21)34(25)38-31/h3-20H,1-2H3. The van der Waals surface area contributed by atoms with Gasteiger partial charge in [0, 0.05) is 43.8 Å². The van der Waals surface area contributed by atoms with E-state index < -0.39 is 0 Å². The van der Waals surface area contributed by atoms with E-state index in [1.54, 1.807) is 0 Å². The van der Waals surface area contributed by atoms with Crippen molar-refractivity contribution in [3.63, 3.8) is 0 Å². The number of furan rings is 2. The Kier molecular flexibility index (Phi) is 4.28. The Balaban J connectivity index is 1.24.